The molecular weight excluding hydrogens is 217 g/mol. The lowest BCUT2D eigenvalue weighted by molar-refractivity contribution is -0.00000852. The first kappa shape index (κ1) is 10.9. The first-order valence-corrected chi connectivity index (χ1v) is 5.38. The number of nitrogens with two attached hydrogens (primary N) is 1. The molecule has 2 N–H and O–H groups in total. The van der Waals surface area contributed by atoms with E-state index < -0.39 is 0 Å². The smallest absolute Gasteiger partial charge is 0.125 e. The molecule has 0 aromatic heterocycles. The molecule has 1 aliphatic rings. The fourth-order valence-corrected chi connectivity index (χ4v) is 2.12. The number of rotatable bonds is 1. The molecule has 15 heavy (non-hydrogen) atoms. The minimum atomic E-state index is -0.348. The van der Waals surface area contributed by atoms with Crippen molar-refractivity contribution < 1.29 is 9.13 Å². The van der Waals surface area contributed by atoms with E-state index in [1.54, 1.807) is 6.07 Å². The summed E-state index contributed by atoms with van der Waals surface area (Å²) < 4.78 is 18.7. The zero-order valence-electron chi connectivity index (χ0n) is 8.25. The van der Waals surface area contributed by atoms with Gasteiger partial charge in [0, 0.05) is 17.7 Å². The molecule has 2 nitrogen and oxygen atoms in total. The maximum Gasteiger partial charge on any atom is 0.125 e. The second kappa shape index (κ2) is 4.47. The topological polar surface area (TPSA) is 35.2 Å². The Bertz CT molecular complexity index is 338. The van der Waals surface area contributed by atoms with Gasteiger partial charge in [0.15, 0.2) is 0 Å². The number of halogens is 2. The van der Waals surface area contributed by atoms with Gasteiger partial charge in [0.2, 0.25) is 0 Å². The Hall–Kier alpha value is -0.640. The Kier molecular flexibility index (Phi) is 3.24. The molecule has 0 amide bonds. The Morgan fingerprint density at radius 3 is 2.87 bits per heavy atom. The van der Waals surface area contributed by atoms with Gasteiger partial charge in [-0.15, -0.1) is 0 Å². The van der Waals surface area contributed by atoms with Gasteiger partial charge in [-0.1, -0.05) is 11.6 Å². The van der Waals surface area contributed by atoms with Gasteiger partial charge in [0.05, 0.1) is 6.10 Å². The van der Waals surface area contributed by atoms with Crippen molar-refractivity contribution >= 4 is 11.6 Å². The lowest BCUT2D eigenvalue weighted by atomic mass is 9.97. The number of ether oxygens (including phenoxy) is 1. The van der Waals surface area contributed by atoms with E-state index in [9.17, 15) is 4.39 Å². The maximum absolute atomic E-state index is 13.1. The summed E-state index contributed by atoms with van der Waals surface area (Å²) in [5.74, 6) is -0.348. The average molecular weight is 230 g/mol. The van der Waals surface area contributed by atoms with Crippen molar-refractivity contribution in [3.8, 4) is 0 Å². The van der Waals surface area contributed by atoms with Crippen molar-refractivity contribution in [1.82, 2.24) is 0 Å². The van der Waals surface area contributed by atoms with Crippen LogP contribution in [0.1, 0.15) is 24.5 Å². The molecule has 1 aromatic carbocycles. The fraction of sp³-hybridized carbons (Fsp3) is 0.455. The molecule has 0 radical (unpaired) electrons. The predicted octanol–water partition coefficient (Wildman–Crippen LogP) is 2.66. The molecule has 4 heteroatoms. The molecule has 1 saturated heterocycles. The molecule has 1 fully saturated rings. The first-order valence-electron chi connectivity index (χ1n) is 5.00. The summed E-state index contributed by atoms with van der Waals surface area (Å²) in [5, 5.41) is 0.381. The highest BCUT2D eigenvalue weighted by Crippen LogP contribution is 2.29. The molecular formula is C11H13ClFNO. The van der Waals surface area contributed by atoms with Crippen molar-refractivity contribution in [3.05, 3.63) is 34.6 Å². The zero-order valence-corrected chi connectivity index (χ0v) is 9.01. The third-order valence-electron chi connectivity index (χ3n) is 2.58. The summed E-state index contributed by atoms with van der Waals surface area (Å²) in [7, 11) is 0. The van der Waals surface area contributed by atoms with Crippen LogP contribution in [0.2, 0.25) is 5.02 Å². The monoisotopic (exact) mass is 229 g/mol. The predicted molar refractivity (Wildman–Crippen MR) is 57.3 cm³/mol. The van der Waals surface area contributed by atoms with Gasteiger partial charge < -0.3 is 10.5 Å². The summed E-state index contributed by atoms with van der Waals surface area (Å²) in [6, 6.07) is 4.35. The maximum atomic E-state index is 13.1. The second-order valence-corrected chi connectivity index (χ2v) is 4.24. The minimum Gasteiger partial charge on any atom is -0.372 e. The second-order valence-electron chi connectivity index (χ2n) is 3.80. The van der Waals surface area contributed by atoms with Crippen molar-refractivity contribution in [2.45, 2.75) is 25.0 Å². The van der Waals surface area contributed by atoms with Crippen LogP contribution in [0.4, 0.5) is 4.39 Å². The third-order valence-corrected chi connectivity index (χ3v) is 2.80. The summed E-state index contributed by atoms with van der Waals surface area (Å²) >= 11 is 5.78. The molecule has 82 valence electrons. The van der Waals surface area contributed by atoms with E-state index in [0.29, 0.717) is 11.6 Å². The molecule has 0 bridgehead atoms. The normalized spacial score (nSPS) is 26.6. The number of hydrogen-bond donors (Lipinski definition) is 1. The van der Waals surface area contributed by atoms with Crippen LogP contribution in [-0.4, -0.2) is 12.6 Å². The molecule has 0 saturated carbocycles. The molecule has 0 aliphatic carbocycles. The first-order chi connectivity index (χ1) is 7.16. The van der Waals surface area contributed by atoms with Gasteiger partial charge in [-0.05, 0) is 36.6 Å². The highest BCUT2D eigenvalue weighted by atomic mass is 35.5. The van der Waals surface area contributed by atoms with Crippen LogP contribution < -0.4 is 5.73 Å². The Morgan fingerprint density at radius 1 is 1.40 bits per heavy atom. The minimum absolute atomic E-state index is 0.0726. The van der Waals surface area contributed by atoms with E-state index in [2.05, 4.69) is 0 Å². The van der Waals surface area contributed by atoms with Gasteiger partial charge in [-0.3, -0.25) is 0 Å². The van der Waals surface area contributed by atoms with Gasteiger partial charge in [-0.25, -0.2) is 4.39 Å². The van der Waals surface area contributed by atoms with Crippen LogP contribution in [0.25, 0.3) is 0 Å². The number of hydrogen-bond acceptors (Lipinski definition) is 2. The van der Waals surface area contributed by atoms with E-state index >= 15 is 0 Å². The summed E-state index contributed by atoms with van der Waals surface area (Å²) in [5.41, 5.74) is 6.65. The lowest BCUT2D eigenvalue weighted by Crippen LogP contribution is -2.34. The highest BCUT2D eigenvalue weighted by molar-refractivity contribution is 6.30. The fourth-order valence-electron chi connectivity index (χ4n) is 1.89. The van der Waals surface area contributed by atoms with Crippen LogP contribution >= 0.6 is 11.6 Å². The lowest BCUT2D eigenvalue weighted by Gasteiger charge is -2.29. The molecule has 2 atom stereocenters. The molecule has 1 aromatic rings. The van der Waals surface area contributed by atoms with E-state index in [4.69, 9.17) is 22.1 Å². The molecule has 2 unspecified atom stereocenters. The van der Waals surface area contributed by atoms with Crippen LogP contribution in [0.15, 0.2) is 18.2 Å². The summed E-state index contributed by atoms with van der Waals surface area (Å²) in [4.78, 5) is 0. The van der Waals surface area contributed by atoms with Crippen LogP contribution in [0.5, 0.6) is 0 Å². The average Bonchev–Trinajstić information content (AvgIpc) is 2.16. The van der Waals surface area contributed by atoms with Crippen molar-refractivity contribution in [3.63, 3.8) is 0 Å². The van der Waals surface area contributed by atoms with E-state index in [-0.39, 0.29) is 18.0 Å². The molecule has 0 spiro atoms. The van der Waals surface area contributed by atoms with Crippen molar-refractivity contribution in [2.24, 2.45) is 5.73 Å². The van der Waals surface area contributed by atoms with Crippen molar-refractivity contribution in [1.29, 1.82) is 0 Å². The van der Waals surface area contributed by atoms with Gasteiger partial charge in [0.25, 0.3) is 0 Å². The standard InChI is InChI=1S/C11H13ClFNO/c12-8-4-7(5-9(13)6-8)11-10(14)2-1-3-15-11/h4-6,10-11H,1-3,14H2. The zero-order chi connectivity index (χ0) is 10.8. The van der Waals surface area contributed by atoms with E-state index in [1.807, 2.05) is 0 Å². The van der Waals surface area contributed by atoms with Gasteiger partial charge in [0.1, 0.15) is 5.82 Å². The summed E-state index contributed by atoms with van der Waals surface area (Å²) in [6.45, 7) is 0.673. The Morgan fingerprint density at radius 2 is 2.20 bits per heavy atom. The quantitative estimate of drug-likeness (QED) is 0.804. The van der Waals surface area contributed by atoms with E-state index in [0.717, 1.165) is 18.4 Å². The van der Waals surface area contributed by atoms with Gasteiger partial charge in [-0.2, -0.15) is 0 Å². The van der Waals surface area contributed by atoms with Crippen LogP contribution in [0.3, 0.4) is 0 Å². The van der Waals surface area contributed by atoms with Crippen LogP contribution in [-0.2, 0) is 4.74 Å². The SMILES string of the molecule is NC1CCCOC1c1cc(F)cc(Cl)c1. The van der Waals surface area contributed by atoms with Crippen molar-refractivity contribution in [2.75, 3.05) is 6.61 Å². The number of benzene rings is 1. The molecule has 1 heterocycles. The Labute approximate surface area is 93.2 Å². The van der Waals surface area contributed by atoms with Gasteiger partial charge >= 0.3 is 0 Å². The molecule has 1 aliphatic heterocycles. The Balaban J connectivity index is 2.27. The third kappa shape index (κ3) is 2.48. The largest absolute Gasteiger partial charge is 0.372 e. The molecule has 2 rings (SSSR count). The van der Waals surface area contributed by atoms with E-state index in [1.165, 1.54) is 12.1 Å². The highest BCUT2D eigenvalue weighted by Gasteiger charge is 2.24. The van der Waals surface area contributed by atoms with Crippen LogP contribution in [0, 0.1) is 5.82 Å². The summed E-state index contributed by atoms with van der Waals surface area (Å²) in [6.07, 6.45) is 1.63.